The Kier molecular flexibility index (Phi) is 3.80. The molecule has 0 fully saturated rings. The number of nitrogens with zero attached hydrogens (tertiary/aromatic N) is 2. The number of nitro groups is 1. The van der Waals surface area contributed by atoms with Gasteiger partial charge in [-0.25, -0.2) is 4.98 Å². The van der Waals surface area contributed by atoms with Gasteiger partial charge in [-0.3, -0.25) is 10.1 Å². The van der Waals surface area contributed by atoms with Gasteiger partial charge in [0.1, 0.15) is 5.75 Å². The van der Waals surface area contributed by atoms with E-state index in [9.17, 15) is 10.1 Å². The monoisotopic (exact) mass is 322 g/mol. The van der Waals surface area contributed by atoms with E-state index in [1.54, 1.807) is 19.1 Å². The fourth-order valence-corrected chi connectivity index (χ4v) is 2.19. The molecule has 0 unspecified atom stereocenters. The Bertz CT molecular complexity index is 644. The lowest BCUT2D eigenvalue weighted by molar-refractivity contribution is -0.386. The van der Waals surface area contributed by atoms with E-state index in [0.29, 0.717) is 11.3 Å². The van der Waals surface area contributed by atoms with Crippen LogP contribution in [0.1, 0.15) is 11.1 Å². The van der Waals surface area contributed by atoms with Crippen molar-refractivity contribution in [2.45, 2.75) is 13.8 Å². The molecule has 0 atom stereocenters. The number of aryl methyl sites for hydroxylation is 2. The summed E-state index contributed by atoms with van der Waals surface area (Å²) in [6.07, 6.45) is 1.49. The first-order valence-electron chi connectivity index (χ1n) is 5.53. The van der Waals surface area contributed by atoms with Gasteiger partial charge in [-0.15, -0.1) is 0 Å². The molecule has 0 bridgehead atoms. The highest BCUT2D eigenvalue weighted by Crippen LogP contribution is 2.35. The van der Waals surface area contributed by atoms with Crippen LogP contribution in [-0.4, -0.2) is 9.91 Å². The molecule has 0 aliphatic heterocycles. The second-order valence-corrected chi connectivity index (χ2v) is 4.93. The van der Waals surface area contributed by atoms with Gasteiger partial charge < -0.3 is 4.74 Å². The van der Waals surface area contributed by atoms with Crippen LogP contribution in [0.4, 0.5) is 5.69 Å². The Balaban J connectivity index is 2.44. The van der Waals surface area contributed by atoms with Crippen molar-refractivity contribution < 1.29 is 9.66 Å². The Morgan fingerprint density at radius 2 is 2.05 bits per heavy atom. The van der Waals surface area contributed by atoms with E-state index < -0.39 is 4.92 Å². The number of pyridine rings is 1. The summed E-state index contributed by atoms with van der Waals surface area (Å²) in [5.74, 6) is 0.487. The third-order valence-corrected chi connectivity index (χ3v) is 3.19. The number of ether oxygens (including phenoxy) is 1. The van der Waals surface area contributed by atoms with Crippen molar-refractivity contribution in [1.82, 2.24) is 4.98 Å². The second-order valence-electron chi connectivity index (χ2n) is 4.07. The Hall–Kier alpha value is -1.95. The molecule has 0 aliphatic carbocycles. The molecule has 0 aliphatic rings. The van der Waals surface area contributed by atoms with Crippen molar-refractivity contribution in [3.8, 4) is 11.6 Å². The summed E-state index contributed by atoms with van der Waals surface area (Å²) in [5, 5.41) is 11.0. The molecule has 5 nitrogen and oxygen atoms in total. The van der Waals surface area contributed by atoms with Crippen LogP contribution in [0.5, 0.6) is 11.6 Å². The first-order chi connectivity index (χ1) is 8.99. The fourth-order valence-electron chi connectivity index (χ4n) is 1.62. The molecular weight excluding hydrogens is 312 g/mol. The summed E-state index contributed by atoms with van der Waals surface area (Å²) >= 11 is 3.36. The van der Waals surface area contributed by atoms with Gasteiger partial charge in [0, 0.05) is 11.8 Å². The van der Waals surface area contributed by atoms with E-state index in [2.05, 4.69) is 20.9 Å². The van der Waals surface area contributed by atoms with E-state index in [-0.39, 0.29) is 11.6 Å². The summed E-state index contributed by atoms with van der Waals surface area (Å²) in [7, 11) is 0. The molecule has 0 saturated carbocycles. The van der Waals surface area contributed by atoms with Crippen molar-refractivity contribution in [3.63, 3.8) is 0 Å². The average Bonchev–Trinajstić information content (AvgIpc) is 2.32. The van der Waals surface area contributed by atoms with Crippen LogP contribution in [0, 0.1) is 24.0 Å². The first kappa shape index (κ1) is 13.5. The molecule has 19 heavy (non-hydrogen) atoms. The van der Waals surface area contributed by atoms with E-state index in [4.69, 9.17) is 4.74 Å². The maximum absolute atomic E-state index is 11.0. The molecule has 98 valence electrons. The quantitative estimate of drug-likeness (QED) is 0.628. The minimum absolute atomic E-state index is 0.00504. The summed E-state index contributed by atoms with van der Waals surface area (Å²) in [4.78, 5) is 14.5. The second kappa shape index (κ2) is 5.36. The molecule has 1 aromatic heterocycles. The summed E-state index contributed by atoms with van der Waals surface area (Å²) in [6, 6.07) is 7.06. The van der Waals surface area contributed by atoms with Gasteiger partial charge in [-0.1, -0.05) is 6.07 Å². The van der Waals surface area contributed by atoms with Crippen LogP contribution in [0.3, 0.4) is 0 Å². The fraction of sp³-hybridized carbons (Fsp3) is 0.154. The maximum atomic E-state index is 11.0. The van der Waals surface area contributed by atoms with Gasteiger partial charge in [0.15, 0.2) is 0 Å². The Morgan fingerprint density at radius 3 is 2.68 bits per heavy atom. The van der Waals surface area contributed by atoms with E-state index in [0.717, 1.165) is 10.0 Å². The SMILES string of the molecule is Cc1ccc(Oc2nccc(C)c2[N+](=O)[O-])c(Br)c1. The largest absolute Gasteiger partial charge is 0.432 e. The number of aromatic nitrogens is 1. The molecule has 1 aromatic carbocycles. The van der Waals surface area contributed by atoms with Gasteiger partial charge in [0.25, 0.3) is 5.88 Å². The highest BCUT2D eigenvalue weighted by atomic mass is 79.9. The number of benzene rings is 1. The lowest BCUT2D eigenvalue weighted by atomic mass is 10.2. The molecule has 0 radical (unpaired) electrons. The van der Waals surface area contributed by atoms with Gasteiger partial charge >= 0.3 is 5.69 Å². The van der Waals surface area contributed by atoms with Crippen molar-refractivity contribution >= 4 is 21.6 Å². The zero-order valence-electron chi connectivity index (χ0n) is 10.4. The third-order valence-electron chi connectivity index (χ3n) is 2.57. The zero-order chi connectivity index (χ0) is 14.0. The minimum atomic E-state index is -0.486. The summed E-state index contributed by atoms with van der Waals surface area (Å²) in [5.41, 5.74) is 1.46. The third kappa shape index (κ3) is 2.90. The normalized spacial score (nSPS) is 10.3. The molecule has 1 heterocycles. The highest BCUT2D eigenvalue weighted by Gasteiger charge is 2.21. The highest BCUT2D eigenvalue weighted by molar-refractivity contribution is 9.10. The van der Waals surface area contributed by atoms with Crippen molar-refractivity contribution in [2.75, 3.05) is 0 Å². The maximum Gasteiger partial charge on any atom is 0.334 e. The Morgan fingerprint density at radius 1 is 1.32 bits per heavy atom. The number of hydrogen-bond donors (Lipinski definition) is 0. The molecule has 2 rings (SSSR count). The van der Waals surface area contributed by atoms with Gasteiger partial charge in [-0.2, -0.15) is 0 Å². The van der Waals surface area contributed by atoms with Crippen LogP contribution >= 0.6 is 15.9 Å². The first-order valence-corrected chi connectivity index (χ1v) is 6.32. The van der Waals surface area contributed by atoms with Crippen LogP contribution in [0.25, 0.3) is 0 Å². The summed E-state index contributed by atoms with van der Waals surface area (Å²) in [6.45, 7) is 3.60. The number of rotatable bonds is 3. The van der Waals surface area contributed by atoms with Crippen LogP contribution in [0.2, 0.25) is 0 Å². The standard InChI is InChI=1S/C13H11BrN2O3/c1-8-3-4-11(10(14)7-8)19-13-12(16(17)18)9(2)5-6-15-13/h3-7H,1-2H3. The van der Waals surface area contributed by atoms with Gasteiger partial charge in [-0.05, 0) is 53.5 Å². The van der Waals surface area contributed by atoms with Gasteiger partial charge in [0.2, 0.25) is 0 Å². The summed E-state index contributed by atoms with van der Waals surface area (Å²) < 4.78 is 6.26. The number of hydrogen-bond acceptors (Lipinski definition) is 4. The molecule has 2 aromatic rings. The van der Waals surface area contributed by atoms with Crippen molar-refractivity contribution in [2.24, 2.45) is 0 Å². The van der Waals surface area contributed by atoms with Crippen molar-refractivity contribution in [1.29, 1.82) is 0 Å². The predicted octanol–water partition coefficient (Wildman–Crippen LogP) is 4.16. The predicted molar refractivity (Wildman–Crippen MR) is 74.6 cm³/mol. The molecular formula is C13H11BrN2O3. The molecule has 0 saturated heterocycles. The topological polar surface area (TPSA) is 65.3 Å². The molecule has 6 heteroatoms. The lowest BCUT2D eigenvalue weighted by Crippen LogP contribution is -1.98. The van der Waals surface area contributed by atoms with Gasteiger partial charge in [0.05, 0.1) is 9.40 Å². The molecule has 0 N–H and O–H groups in total. The van der Waals surface area contributed by atoms with E-state index in [1.807, 2.05) is 19.1 Å². The zero-order valence-corrected chi connectivity index (χ0v) is 12.0. The minimum Gasteiger partial charge on any atom is -0.432 e. The molecule has 0 spiro atoms. The molecule has 0 amide bonds. The number of halogens is 1. The lowest BCUT2D eigenvalue weighted by Gasteiger charge is -2.08. The van der Waals surface area contributed by atoms with Crippen molar-refractivity contribution in [3.05, 3.63) is 56.2 Å². The van der Waals surface area contributed by atoms with E-state index in [1.165, 1.54) is 6.20 Å². The Labute approximate surface area is 118 Å². The average molecular weight is 323 g/mol. The van der Waals surface area contributed by atoms with E-state index >= 15 is 0 Å². The van der Waals surface area contributed by atoms with Crippen LogP contribution in [0.15, 0.2) is 34.9 Å². The van der Waals surface area contributed by atoms with Crippen LogP contribution in [-0.2, 0) is 0 Å². The van der Waals surface area contributed by atoms with Crippen LogP contribution < -0.4 is 4.74 Å². The smallest absolute Gasteiger partial charge is 0.334 e.